The first-order chi connectivity index (χ1) is 5.82. The number of sulfonamides is 1. The fourth-order valence-electron chi connectivity index (χ4n) is 1.05. The molecule has 0 radical (unpaired) electrons. The quantitative estimate of drug-likeness (QED) is 0.815. The van der Waals surface area contributed by atoms with Crippen LogP contribution in [0.1, 0.15) is 5.56 Å². The molecule has 1 aromatic carbocycles. The van der Waals surface area contributed by atoms with Crippen molar-refractivity contribution < 1.29 is 8.42 Å². The van der Waals surface area contributed by atoms with E-state index in [0.717, 1.165) is 0 Å². The second kappa shape index (κ2) is 3.46. The van der Waals surface area contributed by atoms with E-state index < -0.39 is 10.0 Å². The second-order valence-corrected chi connectivity index (χ2v) is 4.92. The average molecular weight is 240 g/mol. The number of nitrogens with two attached hydrogens (primary N) is 1. The number of hydrogen-bond donors (Lipinski definition) is 1. The van der Waals surface area contributed by atoms with Gasteiger partial charge in [-0.1, -0.05) is 23.2 Å². The smallest absolute Gasteiger partial charge is 0.225 e. The van der Waals surface area contributed by atoms with Crippen molar-refractivity contribution in [1.82, 2.24) is 0 Å². The van der Waals surface area contributed by atoms with Gasteiger partial charge in [0.2, 0.25) is 10.0 Å². The number of hydrogen-bond acceptors (Lipinski definition) is 2. The Morgan fingerprint density at radius 2 is 1.85 bits per heavy atom. The molecule has 0 bridgehead atoms. The molecule has 0 saturated heterocycles. The van der Waals surface area contributed by atoms with Gasteiger partial charge in [-0.15, -0.1) is 0 Å². The molecule has 0 spiro atoms. The third kappa shape index (κ3) is 2.34. The highest BCUT2D eigenvalue weighted by molar-refractivity contribution is 7.89. The van der Waals surface area contributed by atoms with E-state index >= 15 is 0 Å². The van der Waals surface area contributed by atoms with Crippen LogP contribution in [0.25, 0.3) is 0 Å². The molecule has 72 valence electrons. The standard InChI is InChI=1S/C7H7Cl2NO2S/c1-4-2-5(8)3-6(9)7(4)13(10,11)12/h2-3H,1H3,(H2,10,11,12). The highest BCUT2D eigenvalue weighted by Gasteiger charge is 2.16. The van der Waals surface area contributed by atoms with Crippen molar-refractivity contribution in [2.45, 2.75) is 11.8 Å². The largest absolute Gasteiger partial charge is 0.239 e. The lowest BCUT2D eigenvalue weighted by molar-refractivity contribution is 0.597. The maximum Gasteiger partial charge on any atom is 0.239 e. The second-order valence-electron chi connectivity index (χ2n) is 2.58. The third-order valence-electron chi connectivity index (χ3n) is 1.48. The van der Waals surface area contributed by atoms with Crippen LogP contribution < -0.4 is 5.14 Å². The van der Waals surface area contributed by atoms with E-state index in [-0.39, 0.29) is 9.92 Å². The van der Waals surface area contributed by atoms with E-state index in [0.29, 0.717) is 10.6 Å². The van der Waals surface area contributed by atoms with Crippen LogP contribution in [0, 0.1) is 6.92 Å². The lowest BCUT2D eigenvalue weighted by atomic mass is 10.2. The number of benzene rings is 1. The van der Waals surface area contributed by atoms with Gasteiger partial charge in [0.1, 0.15) is 4.90 Å². The molecular weight excluding hydrogens is 233 g/mol. The Balaban J connectivity index is 3.57. The molecule has 0 aliphatic rings. The van der Waals surface area contributed by atoms with Crippen molar-refractivity contribution in [1.29, 1.82) is 0 Å². The van der Waals surface area contributed by atoms with Crippen LogP contribution in [0.2, 0.25) is 10.0 Å². The van der Waals surface area contributed by atoms with E-state index in [2.05, 4.69) is 0 Å². The van der Waals surface area contributed by atoms with Gasteiger partial charge in [-0.25, -0.2) is 13.6 Å². The minimum atomic E-state index is -3.77. The van der Waals surface area contributed by atoms with E-state index in [1.54, 1.807) is 6.92 Å². The summed E-state index contributed by atoms with van der Waals surface area (Å²) in [4.78, 5) is -0.0708. The van der Waals surface area contributed by atoms with Crippen molar-refractivity contribution in [2.75, 3.05) is 0 Å². The normalized spacial score (nSPS) is 11.7. The van der Waals surface area contributed by atoms with Crippen molar-refractivity contribution >= 4 is 33.2 Å². The monoisotopic (exact) mass is 239 g/mol. The molecule has 1 rings (SSSR count). The average Bonchev–Trinajstić information content (AvgIpc) is 1.78. The lowest BCUT2D eigenvalue weighted by Gasteiger charge is -2.05. The van der Waals surface area contributed by atoms with Gasteiger partial charge in [-0.2, -0.15) is 0 Å². The minimum absolute atomic E-state index is 0.0486. The molecule has 0 aliphatic carbocycles. The van der Waals surface area contributed by atoms with Crippen LogP contribution in [0.4, 0.5) is 0 Å². The summed E-state index contributed by atoms with van der Waals surface area (Å²) in [7, 11) is -3.77. The van der Waals surface area contributed by atoms with Crippen molar-refractivity contribution in [3.63, 3.8) is 0 Å². The Morgan fingerprint density at radius 1 is 1.31 bits per heavy atom. The first-order valence-electron chi connectivity index (χ1n) is 3.31. The van der Waals surface area contributed by atoms with Gasteiger partial charge in [0.05, 0.1) is 5.02 Å². The molecule has 0 atom stereocenters. The first kappa shape index (κ1) is 10.8. The zero-order valence-corrected chi connectivity index (χ0v) is 9.04. The van der Waals surface area contributed by atoms with Crippen molar-refractivity contribution in [2.24, 2.45) is 5.14 Å². The highest BCUT2D eigenvalue weighted by Crippen LogP contribution is 2.27. The van der Waals surface area contributed by atoms with Crippen LogP contribution in [-0.4, -0.2) is 8.42 Å². The molecule has 1 aromatic rings. The number of aryl methyl sites for hydroxylation is 1. The molecule has 0 heterocycles. The van der Waals surface area contributed by atoms with E-state index in [4.69, 9.17) is 28.3 Å². The maximum atomic E-state index is 11.0. The van der Waals surface area contributed by atoms with E-state index in [9.17, 15) is 8.42 Å². The summed E-state index contributed by atoms with van der Waals surface area (Å²) in [5.41, 5.74) is 0.444. The van der Waals surface area contributed by atoms with Gasteiger partial charge < -0.3 is 0 Å². The Kier molecular flexibility index (Phi) is 2.87. The Bertz CT molecular complexity index is 419. The molecule has 0 saturated carbocycles. The number of halogens is 2. The Morgan fingerprint density at radius 3 is 2.23 bits per heavy atom. The number of rotatable bonds is 1. The molecule has 0 aromatic heterocycles. The highest BCUT2D eigenvalue weighted by atomic mass is 35.5. The van der Waals surface area contributed by atoms with Crippen LogP contribution in [0.3, 0.4) is 0 Å². The predicted molar refractivity (Wildman–Crippen MR) is 52.6 cm³/mol. The molecule has 0 fully saturated rings. The number of primary sulfonamides is 1. The zero-order valence-electron chi connectivity index (χ0n) is 6.71. The van der Waals surface area contributed by atoms with Gasteiger partial charge in [-0.3, -0.25) is 0 Å². The third-order valence-corrected chi connectivity index (χ3v) is 3.22. The maximum absolute atomic E-state index is 11.0. The summed E-state index contributed by atoms with van der Waals surface area (Å²) in [6.07, 6.45) is 0. The molecule has 3 nitrogen and oxygen atoms in total. The van der Waals surface area contributed by atoms with Crippen molar-refractivity contribution in [3.8, 4) is 0 Å². The van der Waals surface area contributed by atoms with Gasteiger partial charge in [0.15, 0.2) is 0 Å². The molecule has 0 amide bonds. The zero-order chi connectivity index (χ0) is 10.2. The topological polar surface area (TPSA) is 60.2 Å². The Hall–Kier alpha value is -0.290. The SMILES string of the molecule is Cc1cc(Cl)cc(Cl)c1S(N)(=O)=O. The Labute approximate surface area is 86.5 Å². The summed E-state index contributed by atoms with van der Waals surface area (Å²) < 4.78 is 22.1. The molecule has 0 aliphatic heterocycles. The van der Waals surface area contributed by atoms with Crippen LogP contribution >= 0.6 is 23.2 Å². The van der Waals surface area contributed by atoms with E-state index in [1.807, 2.05) is 0 Å². The van der Waals surface area contributed by atoms with Crippen LogP contribution in [-0.2, 0) is 10.0 Å². The fourth-order valence-corrected chi connectivity index (χ4v) is 2.81. The van der Waals surface area contributed by atoms with Gasteiger partial charge in [0.25, 0.3) is 0 Å². The van der Waals surface area contributed by atoms with Gasteiger partial charge in [0, 0.05) is 5.02 Å². The van der Waals surface area contributed by atoms with Crippen LogP contribution in [0.5, 0.6) is 0 Å². The summed E-state index contributed by atoms with van der Waals surface area (Å²) in [5.74, 6) is 0. The predicted octanol–water partition coefficient (Wildman–Crippen LogP) is 1.95. The van der Waals surface area contributed by atoms with Gasteiger partial charge in [-0.05, 0) is 24.6 Å². The lowest BCUT2D eigenvalue weighted by Crippen LogP contribution is -2.14. The van der Waals surface area contributed by atoms with Crippen molar-refractivity contribution in [3.05, 3.63) is 27.7 Å². The van der Waals surface area contributed by atoms with Gasteiger partial charge >= 0.3 is 0 Å². The minimum Gasteiger partial charge on any atom is -0.225 e. The summed E-state index contributed by atoms with van der Waals surface area (Å²) in [6, 6.07) is 2.84. The molecule has 6 heteroatoms. The molecular formula is C7H7Cl2NO2S. The first-order valence-corrected chi connectivity index (χ1v) is 5.61. The molecule has 2 N–H and O–H groups in total. The summed E-state index contributed by atoms with van der Waals surface area (Å²) in [5, 5.41) is 5.39. The molecule has 13 heavy (non-hydrogen) atoms. The van der Waals surface area contributed by atoms with E-state index in [1.165, 1.54) is 12.1 Å². The fraction of sp³-hybridized carbons (Fsp3) is 0.143. The summed E-state index contributed by atoms with van der Waals surface area (Å²) >= 11 is 11.3. The molecule has 0 unspecified atom stereocenters. The van der Waals surface area contributed by atoms with Crippen LogP contribution in [0.15, 0.2) is 17.0 Å². The summed E-state index contributed by atoms with van der Waals surface area (Å²) in [6.45, 7) is 1.58.